The molecule has 0 saturated carbocycles. The number of alkyl halides is 3. The number of thioether (sulfide) groups is 1. The molecule has 43 heavy (non-hydrogen) atoms. The number of ether oxygens (including phenoxy) is 2. The highest BCUT2D eigenvalue weighted by Crippen LogP contribution is 2.43. The minimum atomic E-state index is -5.03. The number of aliphatic hydroxyl groups excluding tert-OH is 1. The summed E-state index contributed by atoms with van der Waals surface area (Å²) in [6.45, 7) is 3.78. The van der Waals surface area contributed by atoms with Gasteiger partial charge in [0.15, 0.2) is 10.6 Å². The van der Waals surface area contributed by atoms with Gasteiger partial charge in [0, 0.05) is 29.5 Å². The van der Waals surface area contributed by atoms with Gasteiger partial charge in [-0.2, -0.15) is 13.2 Å². The first kappa shape index (κ1) is 31.4. The number of rotatable bonds is 8. The lowest BCUT2D eigenvalue weighted by atomic mass is 9.91. The zero-order valence-electron chi connectivity index (χ0n) is 23.4. The molecule has 0 bridgehead atoms. The monoisotopic (exact) mass is 636 g/mol. The van der Waals surface area contributed by atoms with E-state index in [1.807, 2.05) is 31.2 Å². The van der Waals surface area contributed by atoms with E-state index in [4.69, 9.17) is 9.47 Å². The van der Waals surface area contributed by atoms with Crippen molar-refractivity contribution in [3.8, 4) is 0 Å². The molecule has 2 N–H and O–H groups in total. The molecular formula is C29H31F3N4O5S2. The second kappa shape index (κ2) is 13.3. The van der Waals surface area contributed by atoms with Gasteiger partial charge in [-0.1, -0.05) is 66.4 Å². The fourth-order valence-corrected chi connectivity index (χ4v) is 7.20. The number of likely N-dealkylation sites (tertiary alicyclic amines) is 1. The zero-order chi connectivity index (χ0) is 30.7. The van der Waals surface area contributed by atoms with Crippen molar-refractivity contribution in [3.05, 3.63) is 70.2 Å². The maximum atomic E-state index is 13.0. The topological polar surface area (TPSA) is 114 Å². The summed E-state index contributed by atoms with van der Waals surface area (Å²) in [6, 6.07) is 13.1. The van der Waals surface area contributed by atoms with E-state index < -0.39 is 30.3 Å². The molecule has 5 atom stereocenters. The Morgan fingerprint density at radius 2 is 1.79 bits per heavy atom. The van der Waals surface area contributed by atoms with Crippen LogP contribution in [-0.2, 0) is 25.7 Å². The molecule has 0 spiro atoms. The number of carbonyl (C=O) groups excluding carboxylic acids is 2. The first-order valence-electron chi connectivity index (χ1n) is 13.8. The molecule has 2 amide bonds. The van der Waals surface area contributed by atoms with Crippen LogP contribution in [0.15, 0.2) is 52.9 Å². The third-order valence-corrected chi connectivity index (χ3v) is 9.57. The fraction of sp³-hybridized carbons (Fsp3) is 0.448. The number of nitrogens with one attached hydrogen (secondary N) is 1. The smallest absolute Gasteiger partial charge is 0.392 e. The Morgan fingerprint density at radius 3 is 2.42 bits per heavy atom. The van der Waals surface area contributed by atoms with Crippen LogP contribution in [0.5, 0.6) is 0 Å². The predicted octanol–water partition coefficient (Wildman–Crippen LogP) is 5.41. The Morgan fingerprint density at radius 1 is 1.09 bits per heavy atom. The van der Waals surface area contributed by atoms with Crippen LogP contribution in [0.4, 0.5) is 18.9 Å². The summed E-state index contributed by atoms with van der Waals surface area (Å²) in [5.74, 6) is -2.08. The molecule has 2 aromatic carbocycles. The fourth-order valence-electron chi connectivity index (χ4n) is 5.19. The molecule has 2 saturated heterocycles. The standard InChI is InChI=1S/C29H31F3N4O5S2/c1-16-23(15-42-28-35-34-17(2)43-28)40-26(41-24(16)19-7-5-18(14-37)6-8-19)20-9-11-21(12-10-20)33-25(38)22-4-3-13-36(22)27(39)29(30,31)32/h5-12,16,22-24,26,37H,3-4,13-15H2,1-2H3,(H,33,38). The van der Waals surface area contributed by atoms with Gasteiger partial charge >= 0.3 is 12.1 Å². The van der Waals surface area contributed by atoms with Gasteiger partial charge < -0.3 is 24.8 Å². The van der Waals surface area contributed by atoms with Crippen LogP contribution in [-0.4, -0.2) is 62.6 Å². The largest absolute Gasteiger partial charge is 0.471 e. The summed E-state index contributed by atoms with van der Waals surface area (Å²) < 4.78 is 52.7. The van der Waals surface area contributed by atoms with Gasteiger partial charge in [-0.05, 0) is 43.0 Å². The van der Waals surface area contributed by atoms with Crippen LogP contribution in [0.2, 0.25) is 0 Å². The van der Waals surface area contributed by atoms with E-state index in [9.17, 15) is 27.9 Å². The molecule has 0 radical (unpaired) electrons. The summed E-state index contributed by atoms with van der Waals surface area (Å²) in [6.07, 6.45) is -5.82. The van der Waals surface area contributed by atoms with E-state index in [1.165, 1.54) is 11.3 Å². The van der Waals surface area contributed by atoms with Crippen LogP contribution >= 0.6 is 23.1 Å². The Kier molecular flexibility index (Phi) is 9.71. The third kappa shape index (κ3) is 7.37. The van der Waals surface area contributed by atoms with Crippen molar-refractivity contribution in [2.24, 2.45) is 5.92 Å². The van der Waals surface area contributed by atoms with E-state index in [2.05, 4.69) is 22.4 Å². The first-order valence-corrected chi connectivity index (χ1v) is 15.6. The zero-order valence-corrected chi connectivity index (χ0v) is 25.0. The second-order valence-electron chi connectivity index (χ2n) is 10.5. The van der Waals surface area contributed by atoms with Crippen LogP contribution in [0.3, 0.4) is 0 Å². The second-order valence-corrected chi connectivity index (χ2v) is 12.9. The number of nitrogens with zero attached hydrogens (tertiary/aromatic N) is 3. The number of hydrogen-bond donors (Lipinski definition) is 2. The van der Waals surface area contributed by atoms with E-state index in [0.717, 1.165) is 20.5 Å². The average molecular weight is 637 g/mol. The van der Waals surface area contributed by atoms with E-state index in [-0.39, 0.29) is 37.7 Å². The molecule has 230 valence electrons. The minimum Gasteiger partial charge on any atom is -0.392 e. The highest BCUT2D eigenvalue weighted by molar-refractivity contribution is 8.01. The number of aliphatic hydroxyl groups is 1. The van der Waals surface area contributed by atoms with Gasteiger partial charge in [-0.25, -0.2) is 0 Å². The highest BCUT2D eigenvalue weighted by atomic mass is 32.2. The molecule has 5 unspecified atom stereocenters. The SMILES string of the molecule is Cc1nnc(SCC2OC(c3ccc(NC(=O)C4CCCN4C(=O)C(F)(F)F)cc3)OC(c3ccc(CO)cc3)C2C)s1. The van der Waals surface area contributed by atoms with Crippen LogP contribution in [0.25, 0.3) is 0 Å². The summed E-state index contributed by atoms with van der Waals surface area (Å²) >= 11 is 3.07. The van der Waals surface area contributed by atoms with Crippen molar-refractivity contribution in [3.63, 3.8) is 0 Å². The maximum absolute atomic E-state index is 13.0. The van der Waals surface area contributed by atoms with Crippen molar-refractivity contribution in [1.29, 1.82) is 0 Å². The number of carbonyl (C=O) groups is 2. The Bertz CT molecular complexity index is 1420. The Balaban J connectivity index is 1.30. The molecule has 5 rings (SSSR count). The molecule has 14 heteroatoms. The maximum Gasteiger partial charge on any atom is 0.471 e. The average Bonchev–Trinajstić information content (AvgIpc) is 3.65. The lowest BCUT2D eigenvalue weighted by molar-refractivity contribution is -0.268. The Labute approximate surface area is 254 Å². The number of hydrogen-bond acceptors (Lipinski definition) is 9. The van der Waals surface area contributed by atoms with Crippen molar-refractivity contribution in [1.82, 2.24) is 15.1 Å². The van der Waals surface area contributed by atoms with Crippen molar-refractivity contribution in [2.45, 2.75) is 68.4 Å². The molecule has 9 nitrogen and oxygen atoms in total. The molecule has 2 aliphatic heterocycles. The number of aromatic nitrogens is 2. The minimum absolute atomic E-state index is 0.0231. The normalized spacial score (nSPS) is 24.2. The van der Waals surface area contributed by atoms with Gasteiger partial charge in [-0.15, -0.1) is 10.2 Å². The van der Waals surface area contributed by atoms with Gasteiger partial charge in [0.2, 0.25) is 5.91 Å². The lowest BCUT2D eigenvalue weighted by Gasteiger charge is -2.41. The van der Waals surface area contributed by atoms with Crippen molar-refractivity contribution >= 4 is 40.6 Å². The van der Waals surface area contributed by atoms with Crippen LogP contribution in [0, 0.1) is 12.8 Å². The number of anilines is 1. The molecule has 3 aromatic rings. The summed E-state index contributed by atoms with van der Waals surface area (Å²) in [4.78, 5) is 25.2. The summed E-state index contributed by atoms with van der Waals surface area (Å²) in [7, 11) is 0. The van der Waals surface area contributed by atoms with Gasteiger partial charge in [0.05, 0.1) is 18.8 Å². The first-order chi connectivity index (χ1) is 20.5. The van der Waals surface area contributed by atoms with Crippen molar-refractivity contribution in [2.75, 3.05) is 17.6 Å². The molecule has 3 heterocycles. The number of aryl methyl sites for hydroxylation is 1. The van der Waals surface area contributed by atoms with Crippen LogP contribution in [0.1, 0.15) is 53.9 Å². The van der Waals surface area contributed by atoms with E-state index >= 15 is 0 Å². The quantitative estimate of drug-likeness (QED) is 0.316. The molecular weight excluding hydrogens is 605 g/mol. The highest BCUT2D eigenvalue weighted by Gasteiger charge is 2.47. The number of amides is 2. The Hall–Kier alpha value is -3.04. The van der Waals surface area contributed by atoms with E-state index in [1.54, 1.807) is 36.0 Å². The van der Waals surface area contributed by atoms with Crippen LogP contribution < -0.4 is 5.32 Å². The molecule has 0 aliphatic carbocycles. The van der Waals surface area contributed by atoms with Gasteiger partial charge in [-0.3, -0.25) is 9.59 Å². The third-order valence-electron chi connectivity index (χ3n) is 7.51. The number of halogens is 3. The summed E-state index contributed by atoms with van der Waals surface area (Å²) in [5, 5.41) is 21.2. The molecule has 1 aromatic heterocycles. The molecule has 2 fully saturated rings. The predicted molar refractivity (Wildman–Crippen MR) is 154 cm³/mol. The summed E-state index contributed by atoms with van der Waals surface area (Å²) in [5.41, 5.74) is 2.80. The van der Waals surface area contributed by atoms with Crippen molar-refractivity contribution < 1.29 is 37.3 Å². The van der Waals surface area contributed by atoms with Gasteiger partial charge in [0.25, 0.3) is 0 Å². The lowest BCUT2D eigenvalue weighted by Crippen LogP contribution is -2.48. The molecule has 2 aliphatic rings. The van der Waals surface area contributed by atoms with E-state index in [0.29, 0.717) is 28.3 Å². The van der Waals surface area contributed by atoms with Gasteiger partial charge in [0.1, 0.15) is 11.0 Å². The number of benzene rings is 2.